The number of para-hydroxylation sites is 4. The summed E-state index contributed by atoms with van der Waals surface area (Å²) in [7, 11) is 0. The second kappa shape index (κ2) is 12.1. The maximum absolute atomic E-state index is 8.27. The van der Waals surface area contributed by atoms with Gasteiger partial charge in [-0.15, -0.1) is 0 Å². The topological polar surface area (TPSA) is 46.1 Å². The third-order valence-electron chi connectivity index (χ3n) is 11.6. The van der Waals surface area contributed by atoms with Crippen molar-refractivity contribution < 1.29 is 32.9 Å². The summed E-state index contributed by atoms with van der Waals surface area (Å²) in [6.07, 6.45) is 1.83. The molecule has 0 saturated heterocycles. The van der Waals surface area contributed by atoms with Gasteiger partial charge in [0.05, 0.1) is 5.41 Å². The summed E-state index contributed by atoms with van der Waals surface area (Å²) in [5.74, 6) is 3.78. The van der Waals surface area contributed by atoms with Gasteiger partial charge in [0.2, 0.25) is 0 Å². The number of aryl methyl sites for hydroxylation is 1. The van der Waals surface area contributed by atoms with Gasteiger partial charge in [0.15, 0.2) is 0 Å². The van der Waals surface area contributed by atoms with Crippen LogP contribution in [-0.2, 0) is 31.7 Å². The molecule has 4 heterocycles. The Balaban J connectivity index is 1.06. The van der Waals surface area contributed by atoms with E-state index < -0.39 is 12.4 Å². The van der Waals surface area contributed by atoms with Crippen molar-refractivity contribution >= 4 is 32.8 Å². The normalized spacial score (nSPS) is 14.4. The Labute approximate surface area is 343 Å². The number of ether oxygens (including phenoxy) is 2. The standard InChI is InChI=1S/C50H32N4O2.Pt/c1-52-31-53(44-20-7-6-19-43(44)52)32-13-12-14-33(27-32)55-34-24-25-36-38-29-37-35-15-2-3-16-39(35)50(40-17-4-8-21-47(40)56-48-22-9-5-18-41(48)50)42(37)30-46(38)54(45(36)28-34)49-23-10-11-26-51-49;/h2-30H,1H3;/i1D3;. The van der Waals surface area contributed by atoms with Gasteiger partial charge in [-0.2, -0.15) is 0 Å². The van der Waals surface area contributed by atoms with Gasteiger partial charge in [-0.05, 0) is 40.5 Å². The van der Waals surface area contributed by atoms with Gasteiger partial charge < -0.3 is 4.74 Å². The molecule has 0 radical (unpaired) electrons. The Bertz CT molecular complexity index is 3430. The van der Waals surface area contributed by atoms with Crippen LogP contribution in [0.3, 0.4) is 0 Å². The van der Waals surface area contributed by atoms with E-state index in [1.807, 2.05) is 95.7 Å². The van der Waals surface area contributed by atoms with E-state index in [-0.39, 0.29) is 0 Å². The molecule has 0 unspecified atom stereocenters. The van der Waals surface area contributed by atoms with E-state index in [2.05, 4.69) is 109 Å². The molecule has 7 aromatic carbocycles. The SMILES string of the molecule is [2H]C([2H])([2H])n1[c](=[Pt])n(-c2cccc(Oc3ccc4c5cc6c(cc5n(-c5ccccn5)c4c3)C3(c4ccccc4Oc4ccccc43)c3ccccc3-6)c2)c2ccccc21. The Kier molecular flexibility index (Phi) is 6.28. The van der Waals surface area contributed by atoms with Crippen molar-refractivity contribution in [1.82, 2.24) is 18.7 Å². The van der Waals surface area contributed by atoms with Gasteiger partial charge in [0, 0.05) is 17.3 Å². The number of benzene rings is 7. The van der Waals surface area contributed by atoms with E-state index in [1.165, 1.54) is 26.8 Å². The van der Waals surface area contributed by atoms with Gasteiger partial charge in [-0.3, -0.25) is 0 Å². The van der Waals surface area contributed by atoms with Crippen molar-refractivity contribution in [3.05, 3.63) is 202 Å². The van der Waals surface area contributed by atoms with Crippen LogP contribution in [0.15, 0.2) is 176 Å². The molecular weight excluding hydrogens is 884 g/mol. The van der Waals surface area contributed by atoms with Crippen LogP contribution in [0.1, 0.15) is 26.4 Å². The molecule has 6 nitrogen and oxygen atoms in total. The van der Waals surface area contributed by atoms with Crippen LogP contribution in [0.5, 0.6) is 23.0 Å². The minimum atomic E-state index is -2.35. The van der Waals surface area contributed by atoms with Crippen molar-refractivity contribution in [3.63, 3.8) is 0 Å². The number of aromatic nitrogens is 4. The molecule has 1 aliphatic heterocycles. The van der Waals surface area contributed by atoms with Crippen LogP contribution in [0, 0.1) is 3.80 Å². The summed E-state index contributed by atoms with van der Waals surface area (Å²) in [6.45, 7) is -2.35. The molecular formula is C50H32N4O2Pt. The van der Waals surface area contributed by atoms with Crippen molar-refractivity contribution in [2.24, 2.45) is 6.98 Å². The van der Waals surface area contributed by atoms with Crippen molar-refractivity contribution in [1.29, 1.82) is 0 Å². The quantitative estimate of drug-likeness (QED) is 0.177. The van der Waals surface area contributed by atoms with E-state index >= 15 is 0 Å². The number of rotatable bonds is 4. The van der Waals surface area contributed by atoms with Gasteiger partial charge in [0.25, 0.3) is 0 Å². The van der Waals surface area contributed by atoms with Gasteiger partial charge >= 0.3 is 198 Å². The predicted octanol–water partition coefficient (Wildman–Crippen LogP) is 11.8. The van der Waals surface area contributed by atoms with E-state index in [9.17, 15) is 0 Å². The monoisotopic (exact) mass is 918 g/mol. The Morgan fingerprint density at radius 1 is 0.561 bits per heavy atom. The second-order valence-electron chi connectivity index (χ2n) is 14.5. The van der Waals surface area contributed by atoms with Crippen molar-refractivity contribution in [3.8, 4) is 45.6 Å². The van der Waals surface area contributed by atoms with Gasteiger partial charge in [-0.25, -0.2) is 0 Å². The summed E-state index contributed by atoms with van der Waals surface area (Å²) >= 11 is 2.10. The summed E-state index contributed by atoms with van der Waals surface area (Å²) in [6, 6.07) is 57.9. The number of imidazole rings is 1. The van der Waals surface area contributed by atoms with E-state index in [0.29, 0.717) is 20.8 Å². The Hall–Kier alpha value is -6.75. The third-order valence-corrected chi connectivity index (χ3v) is 12.6. The first-order chi connectivity index (χ1) is 29.3. The fraction of sp³-hybridized carbons (Fsp3) is 0.0400. The fourth-order valence-electron chi connectivity index (χ4n) is 9.32. The van der Waals surface area contributed by atoms with Crippen LogP contribution < -0.4 is 9.47 Å². The zero-order chi connectivity index (χ0) is 40.3. The predicted molar refractivity (Wildman–Crippen MR) is 222 cm³/mol. The number of fused-ring (bicyclic) bond motifs is 13. The minimum absolute atomic E-state index is 0.568. The Morgan fingerprint density at radius 3 is 2.05 bits per heavy atom. The molecule has 12 rings (SSSR count). The molecule has 2 aliphatic rings. The molecule has 7 heteroatoms. The first kappa shape index (κ1) is 29.5. The average Bonchev–Trinajstić information content (AvgIpc) is 3.86. The number of hydrogen-bond donors (Lipinski definition) is 0. The zero-order valence-corrected chi connectivity index (χ0v) is 32.4. The molecule has 0 bridgehead atoms. The Morgan fingerprint density at radius 2 is 1.26 bits per heavy atom. The molecule has 0 N–H and O–H groups in total. The summed E-state index contributed by atoms with van der Waals surface area (Å²) in [4.78, 5) is 4.90. The summed E-state index contributed by atoms with van der Waals surface area (Å²) < 4.78 is 44.2. The molecule has 0 saturated carbocycles. The van der Waals surface area contributed by atoms with Crippen LogP contribution in [0.25, 0.3) is 55.5 Å². The van der Waals surface area contributed by atoms with Crippen LogP contribution in [-0.4, -0.2) is 18.7 Å². The summed E-state index contributed by atoms with van der Waals surface area (Å²) in [5, 5.41) is 2.19. The van der Waals surface area contributed by atoms with Crippen LogP contribution in [0.2, 0.25) is 0 Å². The number of pyridine rings is 1. The van der Waals surface area contributed by atoms with Crippen molar-refractivity contribution in [2.75, 3.05) is 0 Å². The molecule has 0 atom stereocenters. The number of nitrogens with zero attached hydrogens (tertiary/aromatic N) is 4. The first-order valence-corrected chi connectivity index (χ1v) is 19.9. The number of hydrogen-bond acceptors (Lipinski definition) is 3. The molecule has 0 amide bonds. The first-order valence-electron chi connectivity index (χ1n) is 20.3. The summed E-state index contributed by atoms with van der Waals surface area (Å²) in [5.41, 5.74) is 10.6. The van der Waals surface area contributed by atoms with E-state index in [1.54, 1.807) is 0 Å². The maximum atomic E-state index is 8.27. The molecule has 10 aromatic rings. The molecule has 0 fully saturated rings. The molecule has 1 aliphatic carbocycles. The third kappa shape index (κ3) is 4.50. The van der Waals surface area contributed by atoms with E-state index in [4.69, 9.17) is 18.6 Å². The van der Waals surface area contributed by atoms with Crippen molar-refractivity contribution in [2.45, 2.75) is 5.41 Å². The molecule has 57 heavy (non-hydrogen) atoms. The van der Waals surface area contributed by atoms with E-state index in [0.717, 1.165) is 61.5 Å². The van der Waals surface area contributed by atoms with Gasteiger partial charge in [0.1, 0.15) is 11.5 Å². The molecule has 3 aromatic heterocycles. The second-order valence-corrected chi connectivity index (χ2v) is 15.5. The molecule has 274 valence electrons. The average molecular weight is 919 g/mol. The van der Waals surface area contributed by atoms with Gasteiger partial charge in [-0.1, -0.05) is 66.7 Å². The van der Waals surface area contributed by atoms with Crippen LogP contribution >= 0.6 is 0 Å². The molecule has 1 spiro atoms. The zero-order valence-electron chi connectivity index (χ0n) is 33.2. The fourth-order valence-corrected chi connectivity index (χ4v) is 10.2. The van der Waals surface area contributed by atoms with Crippen LogP contribution in [0.4, 0.5) is 0 Å².